The van der Waals surface area contributed by atoms with Crippen molar-refractivity contribution in [2.24, 2.45) is 0 Å². The van der Waals surface area contributed by atoms with Gasteiger partial charge >= 0.3 is 0 Å². The third-order valence-electron chi connectivity index (χ3n) is 4.13. The molecule has 22 heavy (non-hydrogen) atoms. The maximum atomic E-state index is 6.08. The van der Waals surface area contributed by atoms with Crippen LogP contribution in [0.4, 0.5) is 0 Å². The summed E-state index contributed by atoms with van der Waals surface area (Å²) in [5.41, 5.74) is 4.44. The lowest BCUT2D eigenvalue weighted by Gasteiger charge is -2.30. The first-order valence-electron chi connectivity index (χ1n) is 7.48. The molecule has 4 heteroatoms. The van der Waals surface area contributed by atoms with Crippen LogP contribution in [0.1, 0.15) is 22.6 Å². The number of rotatable bonds is 2. The summed E-state index contributed by atoms with van der Waals surface area (Å²) >= 11 is 0. The van der Waals surface area contributed by atoms with Gasteiger partial charge in [-0.3, -0.25) is 9.88 Å². The molecule has 3 heterocycles. The van der Waals surface area contributed by atoms with Crippen molar-refractivity contribution in [2.45, 2.75) is 26.9 Å². The van der Waals surface area contributed by atoms with E-state index in [2.05, 4.69) is 36.9 Å². The van der Waals surface area contributed by atoms with Crippen LogP contribution in [-0.4, -0.2) is 16.6 Å². The van der Waals surface area contributed by atoms with Gasteiger partial charge in [-0.15, -0.1) is 0 Å². The molecule has 0 radical (unpaired) electrons. The van der Waals surface area contributed by atoms with E-state index < -0.39 is 0 Å². The van der Waals surface area contributed by atoms with Gasteiger partial charge in [-0.2, -0.15) is 0 Å². The van der Waals surface area contributed by atoms with Crippen LogP contribution in [0.5, 0.6) is 5.75 Å². The van der Waals surface area contributed by atoms with Crippen LogP contribution in [0.15, 0.2) is 41.0 Å². The molecule has 0 amide bonds. The van der Waals surface area contributed by atoms with Crippen molar-refractivity contribution in [3.8, 4) is 5.75 Å². The zero-order chi connectivity index (χ0) is 15.1. The Morgan fingerprint density at radius 1 is 1.23 bits per heavy atom. The Hall–Kier alpha value is -2.33. The summed E-state index contributed by atoms with van der Waals surface area (Å²) < 4.78 is 11.5. The van der Waals surface area contributed by atoms with Crippen LogP contribution < -0.4 is 4.74 Å². The van der Waals surface area contributed by atoms with Gasteiger partial charge < -0.3 is 9.15 Å². The summed E-state index contributed by atoms with van der Waals surface area (Å²) in [5.74, 6) is 1.94. The minimum Gasteiger partial charge on any atom is -0.477 e. The van der Waals surface area contributed by atoms with Crippen molar-refractivity contribution in [1.29, 1.82) is 0 Å². The molecule has 0 N–H and O–H groups in total. The van der Waals surface area contributed by atoms with Gasteiger partial charge in [0.2, 0.25) is 0 Å². The van der Waals surface area contributed by atoms with E-state index in [1.807, 2.05) is 12.1 Å². The molecule has 0 bridgehead atoms. The molecule has 112 valence electrons. The Balaban J connectivity index is 1.72. The fourth-order valence-corrected chi connectivity index (χ4v) is 3.00. The number of hydrogen-bond acceptors (Lipinski definition) is 4. The Labute approximate surface area is 129 Å². The van der Waals surface area contributed by atoms with Gasteiger partial charge in [-0.1, -0.05) is 11.6 Å². The summed E-state index contributed by atoms with van der Waals surface area (Å²) in [4.78, 5) is 6.95. The van der Waals surface area contributed by atoms with Crippen LogP contribution in [0.2, 0.25) is 0 Å². The molecule has 4 nitrogen and oxygen atoms in total. The zero-order valence-corrected chi connectivity index (χ0v) is 12.8. The van der Waals surface area contributed by atoms with Crippen molar-refractivity contribution in [3.05, 3.63) is 59.2 Å². The number of pyridine rings is 1. The Bertz CT molecular complexity index is 825. The number of aryl methyl sites for hydroxylation is 2. The molecule has 2 aromatic heterocycles. The van der Waals surface area contributed by atoms with Crippen molar-refractivity contribution < 1.29 is 9.15 Å². The Morgan fingerprint density at radius 3 is 2.95 bits per heavy atom. The van der Waals surface area contributed by atoms with Gasteiger partial charge in [-0.05, 0) is 38.1 Å². The van der Waals surface area contributed by atoms with E-state index in [4.69, 9.17) is 14.1 Å². The Morgan fingerprint density at radius 2 is 2.14 bits per heavy atom. The molecule has 0 aliphatic carbocycles. The number of furan rings is 1. The molecule has 3 aromatic rings. The number of benzene rings is 1. The monoisotopic (exact) mass is 294 g/mol. The number of ether oxygens (including phenoxy) is 1. The molecule has 0 spiro atoms. The van der Waals surface area contributed by atoms with Crippen LogP contribution in [0.25, 0.3) is 10.9 Å². The minimum absolute atomic E-state index is 0.570. The smallest absolute Gasteiger partial charge is 0.142 e. The second-order valence-electron chi connectivity index (χ2n) is 5.87. The summed E-state index contributed by atoms with van der Waals surface area (Å²) in [5, 5.41) is 1.11. The molecule has 0 unspecified atom stereocenters. The first-order valence-corrected chi connectivity index (χ1v) is 7.48. The van der Waals surface area contributed by atoms with Crippen LogP contribution in [0, 0.1) is 13.8 Å². The fourth-order valence-electron chi connectivity index (χ4n) is 3.00. The van der Waals surface area contributed by atoms with Gasteiger partial charge in [0.25, 0.3) is 0 Å². The molecule has 1 aliphatic rings. The number of nitrogens with zero attached hydrogens (tertiary/aromatic N) is 2. The highest BCUT2D eigenvalue weighted by Crippen LogP contribution is 2.35. The maximum absolute atomic E-state index is 6.08. The van der Waals surface area contributed by atoms with Gasteiger partial charge in [0.05, 0.1) is 18.3 Å². The van der Waals surface area contributed by atoms with Crippen LogP contribution >= 0.6 is 0 Å². The molecule has 0 saturated heterocycles. The average Bonchev–Trinajstić information content (AvgIpc) is 3.01. The summed E-state index contributed by atoms with van der Waals surface area (Å²) in [7, 11) is 0. The van der Waals surface area contributed by atoms with Crippen molar-refractivity contribution >= 4 is 10.9 Å². The van der Waals surface area contributed by atoms with E-state index in [1.54, 1.807) is 6.26 Å². The predicted molar refractivity (Wildman–Crippen MR) is 84.7 cm³/mol. The third-order valence-corrected chi connectivity index (χ3v) is 4.13. The lowest BCUT2D eigenvalue weighted by molar-refractivity contribution is 0.0832. The van der Waals surface area contributed by atoms with Crippen molar-refractivity contribution in [3.63, 3.8) is 0 Å². The molecule has 0 atom stereocenters. The van der Waals surface area contributed by atoms with Gasteiger partial charge in [0.1, 0.15) is 18.2 Å². The minimum atomic E-state index is 0.570. The zero-order valence-electron chi connectivity index (χ0n) is 12.8. The van der Waals surface area contributed by atoms with E-state index in [1.165, 1.54) is 11.1 Å². The number of aromatic nitrogens is 1. The topological polar surface area (TPSA) is 38.5 Å². The summed E-state index contributed by atoms with van der Waals surface area (Å²) in [6, 6.07) is 10.2. The molecular formula is C18H18N2O2. The standard InChI is InChI=1S/C18H18N2O2/c1-12-5-6-17-15(8-12)18-16(13(2)19-17)10-20(11-22-18)9-14-4-3-7-21-14/h3-8H,9-11H2,1-2H3. The highest BCUT2D eigenvalue weighted by Gasteiger charge is 2.23. The molecule has 1 aromatic carbocycles. The van der Waals surface area contributed by atoms with E-state index in [-0.39, 0.29) is 0 Å². The Kier molecular flexibility index (Phi) is 3.12. The first-order chi connectivity index (χ1) is 10.7. The van der Waals surface area contributed by atoms with Crippen LogP contribution in [0.3, 0.4) is 0 Å². The quantitative estimate of drug-likeness (QED) is 0.720. The normalized spacial score (nSPS) is 14.8. The van der Waals surface area contributed by atoms with Crippen molar-refractivity contribution in [1.82, 2.24) is 9.88 Å². The van der Waals surface area contributed by atoms with E-state index >= 15 is 0 Å². The SMILES string of the molecule is Cc1ccc2nc(C)c3c(c2c1)OCN(Cc1ccco1)C3. The maximum Gasteiger partial charge on any atom is 0.142 e. The highest BCUT2D eigenvalue weighted by molar-refractivity contribution is 5.87. The fraction of sp³-hybridized carbons (Fsp3) is 0.278. The lowest BCUT2D eigenvalue weighted by atomic mass is 10.0. The van der Waals surface area contributed by atoms with E-state index in [9.17, 15) is 0 Å². The number of hydrogen-bond donors (Lipinski definition) is 0. The molecule has 0 saturated carbocycles. The first kappa shape index (κ1) is 13.3. The molecule has 1 aliphatic heterocycles. The molecular weight excluding hydrogens is 276 g/mol. The van der Waals surface area contributed by atoms with E-state index in [0.717, 1.165) is 41.2 Å². The summed E-state index contributed by atoms with van der Waals surface area (Å²) in [6.07, 6.45) is 1.71. The number of fused-ring (bicyclic) bond motifs is 3. The molecule has 0 fully saturated rings. The second-order valence-corrected chi connectivity index (χ2v) is 5.87. The predicted octanol–water partition coefficient (Wildman–Crippen LogP) is 3.80. The second kappa shape index (κ2) is 5.14. The summed E-state index contributed by atoms with van der Waals surface area (Å²) in [6.45, 7) is 6.30. The molecule has 4 rings (SSSR count). The largest absolute Gasteiger partial charge is 0.477 e. The lowest BCUT2D eigenvalue weighted by Crippen LogP contribution is -2.32. The van der Waals surface area contributed by atoms with Gasteiger partial charge in [0.15, 0.2) is 0 Å². The van der Waals surface area contributed by atoms with E-state index in [0.29, 0.717) is 6.73 Å². The van der Waals surface area contributed by atoms with Gasteiger partial charge in [-0.25, -0.2) is 0 Å². The van der Waals surface area contributed by atoms with Crippen LogP contribution in [-0.2, 0) is 13.1 Å². The highest BCUT2D eigenvalue weighted by atomic mass is 16.5. The van der Waals surface area contributed by atoms with Crippen molar-refractivity contribution in [2.75, 3.05) is 6.73 Å². The third kappa shape index (κ3) is 2.25. The average molecular weight is 294 g/mol. The van der Waals surface area contributed by atoms with Gasteiger partial charge in [0, 0.05) is 23.2 Å².